The van der Waals surface area contributed by atoms with Crippen molar-refractivity contribution < 1.29 is 14.7 Å². The summed E-state index contributed by atoms with van der Waals surface area (Å²) in [7, 11) is 1.59. The van der Waals surface area contributed by atoms with Crippen molar-refractivity contribution in [2.24, 2.45) is 0 Å². The monoisotopic (exact) mass is 349 g/mol. The average Bonchev–Trinajstić information content (AvgIpc) is 2.51. The summed E-state index contributed by atoms with van der Waals surface area (Å²) in [6.45, 7) is 0. The smallest absolute Gasteiger partial charge is 0.313 e. The fraction of sp³-hybridized carbons (Fsp3) is 0.176. The van der Waals surface area contributed by atoms with Crippen molar-refractivity contribution in [3.8, 4) is 0 Å². The molecule has 6 heteroatoms. The summed E-state index contributed by atoms with van der Waals surface area (Å²) in [6, 6.07) is 10.9. The highest BCUT2D eigenvalue weighted by atomic mass is 35.5. The van der Waals surface area contributed by atoms with Crippen molar-refractivity contribution in [1.82, 2.24) is 4.90 Å². The summed E-state index contributed by atoms with van der Waals surface area (Å²) in [5.74, 6) is -2.13. The quantitative estimate of drug-likeness (QED) is 0.891. The second-order valence-electron chi connectivity index (χ2n) is 5.43. The van der Waals surface area contributed by atoms with Crippen LogP contribution < -0.4 is 0 Å². The summed E-state index contributed by atoms with van der Waals surface area (Å²) < 4.78 is 0. The Hall–Kier alpha value is -2.04. The first-order chi connectivity index (χ1) is 10.9. The van der Waals surface area contributed by atoms with Gasteiger partial charge in [0.2, 0.25) is 0 Å². The Morgan fingerprint density at radius 1 is 1.13 bits per heavy atom. The Labute approximate surface area is 143 Å². The molecule has 0 aromatic heterocycles. The summed E-state index contributed by atoms with van der Waals surface area (Å²) >= 11 is 12.2. The van der Waals surface area contributed by atoms with Gasteiger partial charge in [0, 0.05) is 22.7 Å². The van der Waals surface area contributed by atoms with E-state index in [0.717, 1.165) is 0 Å². The van der Waals surface area contributed by atoms with Crippen LogP contribution in [0.2, 0.25) is 10.0 Å². The zero-order valence-corrected chi connectivity index (χ0v) is 13.7. The number of halogens is 2. The number of likely N-dealkylation sites (N-methyl/N-ethyl adjacent to an activating group) is 1. The molecule has 1 heterocycles. The molecule has 0 spiro atoms. The number of carboxylic acid groups (broad SMARTS) is 1. The van der Waals surface area contributed by atoms with E-state index in [2.05, 4.69) is 0 Å². The van der Waals surface area contributed by atoms with Gasteiger partial charge in [-0.25, -0.2) is 0 Å². The van der Waals surface area contributed by atoms with Crippen LogP contribution in [0.1, 0.15) is 33.4 Å². The molecule has 118 valence electrons. The van der Waals surface area contributed by atoms with Crippen molar-refractivity contribution in [1.29, 1.82) is 0 Å². The molecule has 1 aliphatic rings. The summed E-state index contributed by atoms with van der Waals surface area (Å²) in [5.41, 5.74) is 1.47. The van der Waals surface area contributed by atoms with Gasteiger partial charge in [-0.1, -0.05) is 47.5 Å². The zero-order valence-electron chi connectivity index (χ0n) is 12.2. The van der Waals surface area contributed by atoms with E-state index in [4.69, 9.17) is 23.2 Å². The van der Waals surface area contributed by atoms with Gasteiger partial charge in [0.1, 0.15) is 5.92 Å². The Balaban J connectivity index is 2.23. The number of aliphatic carboxylic acids is 1. The van der Waals surface area contributed by atoms with Crippen LogP contribution >= 0.6 is 23.2 Å². The van der Waals surface area contributed by atoms with Gasteiger partial charge in [-0.15, -0.1) is 0 Å². The molecule has 0 fully saturated rings. The zero-order chi connectivity index (χ0) is 16.7. The number of hydrogen-bond acceptors (Lipinski definition) is 2. The Bertz CT molecular complexity index is 806. The maximum atomic E-state index is 12.6. The summed E-state index contributed by atoms with van der Waals surface area (Å²) in [5, 5.41) is 10.6. The molecule has 0 radical (unpaired) electrons. The molecule has 0 saturated carbocycles. The first-order valence-electron chi connectivity index (χ1n) is 6.95. The first-order valence-corrected chi connectivity index (χ1v) is 7.71. The third-order valence-corrected chi connectivity index (χ3v) is 4.69. The molecule has 0 unspecified atom stereocenters. The van der Waals surface area contributed by atoms with E-state index in [1.807, 2.05) is 0 Å². The lowest BCUT2D eigenvalue weighted by Crippen LogP contribution is -2.42. The predicted octanol–water partition coefficient (Wildman–Crippen LogP) is 3.99. The van der Waals surface area contributed by atoms with Gasteiger partial charge in [0.15, 0.2) is 0 Å². The van der Waals surface area contributed by atoms with Gasteiger partial charge in [-0.05, 0) is 29.3 Å². The molecule has 1 aliphatic heterocycles. The summed E-state index contributed by atoms with van der Waals surface area (Å²) in [4.78, 5) is 26.0. The highest BCUT2D eigenvalue weighted by Gasteiger charge is 2.43. The lowest BCUT2D eigenvalue weighted by Gasteiger charge is -2.38. The van der Waals surface area contributed by atoms with Crippen LogP contribution in [0.15, 0.2) is 42.5 Å². The van der Waals surface area contributed by atoms with E-state index in [0.29, 0.717) is 26.7 Å². The number of nitrogens with zero attached hydrogens (tertiary/aromatic N) is 1. The van der Waals surface area contributed by atoms with E-state index in [9.17, 15) is 14.7 Å². The minimum Gasteiger partial charge on any atom is -0.481 e. The molecule has 1 N–H and O–H groups in total. The predicted molar refractivity (Wildman–Crippen MR) is 88.1 cm³/mol. The van der Waals surface area contributed by atoms with Gasteiger partial charge in [-0.2, -0.15) is 0 Å². The Kier molecular flexibility index (Phi) is 4.04. The first kappa shape index (κ1) is 15.8. The molecule has 1 amide bonds. The number of fused-ring (bicyclic) bond motifs is 1. The van der Waals surface area contributed by atoms with E-state index >= 15 is 0 Å². The third-order valence-electron chi connectivity index (χ3n) is 4.13. The molecule has 3 rings (SSSR count). The number of benzene rings is 2. The lowest BCUT2D eigenvalue weighted by molar-refractivity contribution is -0.140. The number of amides is 1. The van der Waals surface area contributed by atoms with Crippen molar-refractivity contribution in [2.75, 3.05) is 7.05 Å². The second kappa shape index (κ2) is 5.87. The minimum atomic E-state index is -1.01. The largest absolute Gasteiger partial charge is 0.481 e. The van der Waals surface area contributed by atoms with Crippen molar-refractivity contribution in [3.05, 3.63) is 69.2 Å². The number of rotatable bonds is 2. The standard InChI is InChI=1S/C17H13Cl2NO3/c1-20-15(12-7-6-9(18)8-13(12)19)14(17(22)23)10-4-2-3-5-11(10)16(20)21/h2-8,14-15H,1H3,(H,22,23)/t14-,15+/m0/s1. The molecule has 4 nitrogen and oxygen atoms in total. The number of carbonyl (C=O) groups is 2. The van der Waals surface area contributed by atoms with Crippen LogP contribution in [0.4, 0.5) is 0 Å². The van der Waals surface area contributed by atoms with E-state index < -0.39 is 17.9 Å². The number of carbonyl (C=O) groups excluding carboxylic acids is 1. The van der Waals surface area contributed by atoms with Crippen LogP contribution in [0, 0.1) is 0 Å². The molecule has 2 aromatic carbocycles. The van der Waals surface area contributed by atoms with E-state index in [1.54, 1.807) is 49.5 Å². The molecular formula is C17H13Cl2NO3. The van der Waals surface area contributed by atoms with Crippen LogP contribution in [-0.2, 0) is 4.79 Å². The fourth-order valence-electron chi connectivity index (χ4n) is 3.07. The Morgan fingerprint density at radius 3 is 2.48 bits per heavy atom. The minimum absolute atomic E-state index is 0.228. The maximum Gasteiger partial charge on any atom is 0.313 e. The van der Waals surface area contributed by atoms with Gasteiger partial charge < -0.3 is 10.0 Å². The number of hydrogen-bond donors (Lipinski definition) is 1. The van der Waals surface area contributed by atoms with Gasteiger partial charge >= 0.3 is 5.97 Å². The van der Waals surface area contributed by atoms with Crippen molar-refractivity contribution >= 4 is 35.1 Å². The molecule has 0 bridgehead atoms. The average molecular weight is 350 g/mol. The molecule has 2 atom stereocenters. The summed E-state index contributed by atoms with van der Waals surface area (Å²) in [6.07, 6.45) is 0. The Morgan fingerprint density at radius 2 is 1.83 bits per heavy atom. The fourth-order valence-corrected chi connectivity index (χ4v) is 3.59. The normalized spacial score (nSPS) is 20.3. The van der Waals surface area contributed by atoms with Crippen LogP contribution in [-0.4, -0.2) is 28.9 Å². The molecule has 0 saturated heterocycles. The van der Waals surface area contributed by atoms with Gasteiger partial charge in [-0.3, -0.25) is 9.59 Å². The highest BCUT2D eigenvalue weighted by Crippen LogP contribution is 2.44. The molecule has 0 aliphatic carbocycles. The number of carboxylic acids is 1. The third kappa shape index (κ3) is 2.58. The van der Waals surface area contributed by atoms with Crippen molar-refractivity contribution in [2.45, 2.75) is 12.0 Å². The van der Waals surface area contributed by atoms with Gasteiger partial charge in [0.05, 0.1) is 6.04 Å². The maximum absolute atomic E-state index is 12.6. The highest BCUT2D eigenvalue weighted by molar-refractivity contribution is 6.35. The molecule has 23 heavy (non-hydrogen) atoms. The second-order valence-corrected chi connectivity index (χ2v) is 6.27. The van der Waals surface area contributed by atoms with Crippen LogP contribution in [0.3, 0.4) is 0 Å². The topological polar surface area (TPSA) is 57.6 Å². The molecular weight excluding hydrogens is 337 g/mol. The van der Waals surface area contributed by atoms with Crippen molar-refractivity contribution in [3.63, 3.8) is 0 Å². The molecule has 2 aromatic rings. The van der Waals surface area contributed by atoms with E-state index in [1.165, 1.54) is 4.90 Å². The van der Waals surface area contributed by atoms with Crippen LogP contribution in [0.5, 0.6) is 0 Å². The van der Waals surface area contributed by atoms with Gasteiger partial charge in [0.25, 0.3) is 5.91 Å². The lowest BCUT2D eigenvalue weighted by atomic mass is 9.80. The SMILES string of the molecule is CN1C(=O)c2ccccc2[C@H](C(=O)O)[C@H]1c1ccc(Cl)cc1Cl. The van der Waals surface area contributed by atoms with E-state index in [-0.39, 0.29) is 5.91 Å². The van der Waals surface area contributed by atoms with Crippen LogP contribution in [0.25, 0.3) is 0 Å².